The van der Waals surface area contributed by atoms with Crippen molar-refractivity contribution in [3.63, 3.8) is 0 Å². The van der Waals surface area contributed by atoms with Gasteiger partial charge in [0.05, 0.1) is 9.79 Å². The largest absolute Gasteiger partial charge is 0.253 e. The number of nitrogens with zero attached hydrogens (tertiary/aromatic N) is 1. The van der Waals surface area contributed by atoms with Crippen molar-refractivity contribution < 1.29 is 16.8 Å². The number of allylic oxidation sites excluding steroid dienone is 1. The molecule has 0 aliphatic carbocycles. The predicted molar refractivity (Wildman–Crippen MR) is 109 cm³/mol. The van der Waals surface area contributed by atoms with Crippen molar-refractivity contribution in [2.45, 2.75) is 23.6 Å². The Morgan fingerprint density at radius 2 is 1.37 bits per heavy atom. The Balaban J connectivity index is 2.04. The molecule has 1 heterocycles. The first-order chi connectivity index (χ1) is 12.7. The van der Waals surface area contributed by atoms with E-state index in [-0.39, 0.29) is 16.3 Å². The van der Waals surface area contributed by atoms with Crippen molar-refractivity contribution >= 4 is 36.3 Å². The van der Waals surface area contributed by atoms with E-state index in [0.29, 0.717) is 0 Å². The minimum Gasteiger partial charge on any atom is -0.206 e. The molecule has 27 heavy (non-hydrogen) atoms. The van der Waals surface area contributed by atoms with Gasteiger partial charge >= 0.3 is 0 Å². The molecule has 1 aliphatic rings. The molecule has 1 atom stereocenters. The zero-order valence-corrected chi connectivity index (χ0v) is 17.3. The molecular formula is C18H20N2O4S3. The summed E-state index contributed by atoms with van der Waals surface area (Å²) in [6.45, 7) is 3.81. The first-order valence-corrected chi connectivity index (χ1v) is 12.3. The summed E-state index contributed by atoms with van der Waals surface area (Å²) < 4.78 is 55.5. The number of nitrogens with one attached hydrogen (secondary N) is 1. The molecule has 6 nitrogen and oxygen atoms in total. The molecule has 144 valence electrons. The van der Waals surface area contributed by atoms with Crippen molar-refractivity contribution in [2.24, 2.45) is 0 Å². The highest BCUT2D eigenvalue weighted by Gasteiger charge is 2.32. The fourth-order valence-electron chi connectivity index (χ4n) is 2.44. The second-order valence-electron chi connectivity index (χ2n) is 6.07. The highest BCUT2D eigenvalue weighted by atomic mass is 32.3. The van der Waals surface area contributed by atoms with E-state index in [2.05, 4.69) is 4.13 Å². The van der Waals surface area contributed by atoms with Gasteiger partial charge < -0.3 is 0 Å². The summed E-state index contributed by atoms with van der Waals surface area (Å²) in [5.41, 5.74) is 1.74. The van der Waals surface area contributed by atoms with Crippen LogP contribution in [0.1, 0.15) is 13.8 Å². The first-order valence-electron chi connectivity index (χ1n) is 8.11. The first kappa shape index (κ1) is 20.0. The molecule has 0 amide bonds. The summed E-state index contributed by atoms with van der Waals surface area (Å²) in [6.07, 6.45) is 0. The smallest absolute Gasteiger partial charge is 0.206 e. The quantitative estimate of drug-likeness (QED) is 0.748. The average molecular weight is 425 g/mol. The molecule has 1 N–H and O–H groups in total. The van der Waals surface area contributed by atoms with Crippen LogP contribution in [0.3, 0.4) is 0 Å². The zero-order valence-electron chi connectivity index (χ0n) is 14.9. The highest BCUT2D eigenvalue weighted by Crippen LogP contribution is 2.32. The molecule has 0 radical (unpaired) electrons. The van der Waals surface area contributed by atoms with Gasteiger partial charge in [-0.2, -0.15) is 0 Å². The third kappa shape index (κ3) is 4.22. The van der Waals surface area contributed by atoms with E-state index in [1.54, 1.807) is 41.8 Å². The maximum atomic E-state index is 13.1. The minimum absolute atomic E-state index is 0.0897. The lowest BCUT2D eigenvalue weighted by Crippen LogP contribution is -2.36. The summed E-state index contributed by atoms with van der Waals surface area (Å²) in [4.78, 5) is 0.217. The van der Waals surface area contributed by atoms with Crippen molar-refractivity contribution in [3.8, 4) is 0 Å². The Bertz CT molecular complexity index is 1110. The second-order valence-corrected chi connectivity index (χ2v) is 11.6. The maximum absolute atomic E-state index is 13.1. The summed E-state index contributed by atoms with van der Waals surface area (Å²) >= 11 is 0. The lowest BCUT2D eigenvalue weighted by atomic mass is 10.2. The lowest BCUT2D eigenvalue weighted by molar-refractivity contribution is 0.551. The Hall–Kier alpha value is -1.78. The van der Waals surface area contributed by atoms with E-state index in [9.17, 15) is 16.8 Å². The molecule has 0 saturated heterocycles. The SMILES string of the molecule is CC1=C(C)CN(S(=O)(=O)c2ccccc2)S(NS(=O)(=O)c2ccccc2)=C1. The van der Waals surface area contributed by atoms with Gasteiger partial charge in [0.25, 0.3) is 10.0 Å². The summed E-state index contributed by atoms with van der Waals surface area (Å²) in [5, 5.41) is 1.65. The standard InChI is InChI=1S/C18H20N2O4S3/c1-15-13-20(27(23,24)18-11-7-4-8-12-18)25(14-16(15)2)19-26(21,22)17-9-5-3-6-10-17/h3-12,14,19H,13H2,1-2H3. The van der Waals surface area contributed by atoms with E-state index in [4.69, 9.17) is 0 Å². The number of sulfonamides is 2. The Labute approximate surface area is 162 Å². The minimum atomic E-state index is -3.87. The lowest BCUT2D eigenvalue weighted by Gasteiger charge is -2.30. The molecule has 0 saturated carbocycles. The van der Waals surface area contributed by atoms with Crippen LogP contribution in [0.4, 0.5) is 0 Å². The molecule has 0 fully saturated rings. The molecule has 1 aliphatic heterocycles. The van der Waals surface area contributed by atoms with Crippen molar-refractivity contribution in [1.29, 1.82) is 0 Å². The Morgan fingerprint density at radius 3 is 1.93 bits per heavy atom. The zero-order chi connectivity index (χ0) is 19.7. The third-order valence-corrected chi connectivity index (χ3v) is 10.3. The number of hydrogen-bond donors (Lipinski definition) is 1. The number of benzene rings is 2. The monoisotopic (exact) mass is 424 g/mol. The molecular weight excluding hydrogens is 404 g/mol. The molecule has 1 unspecified atom stereocenters. The molecule has 3 rings (SSSR count). The van der Waals surface area contributed by atoms with E-state index < -0.39 is 30.9 Å². The molecule has 0 aromatic heterocycles. The van der Waals surface area contributed by atoms with Crippen LogP contribution in [0.25, 0.3) is 0 Å². The predicted octanol–water partition coefficient (Wildman–Crippen LogP) is 2.91. The summed E-state index contributed by atoms with van der Waals surface area (Å²) in [6, 6.07) is 15.9. The van der Waals surface area contributed by atoms with Gasteiger partial charge in [-0.15, -0.1) is 7.84 Å². The Kier molecular flexibility index (Phi) is 5.68. The third-order valence-electron chi connectivity index (χ3n) is 4.10. The van der Waals surface area contributed by atoms with Crippen LogP contribution in [-0.2, 0) is 20.0 Å². The van der Waals surface area contributed by atoms with E-state index in [1.165, 1.54) is 28.0 Å². The number of hydrogen-bond acceptors (Lipinski definition) is 4. The maximum Gasteiger partial charge on any atom is 0.253 e. The summed E-state index contributed by atoms with van der Waals surface area (Å²) in [5.74, 6) is 0. The van der Waals surface area contributed by atoms with Crippen LogP contribution < -0.4 is 4.13 Å². The topological polar surface area (TPSA) is 83.6 Å². The van der Waals surface area contributed by atoms with E-state index in [1.807, 2.05) is 13.8 Å². The van der Waals surface area contributed by atoms with Crippen molar-refractivity contribution in [2.75, 3.05) is 6.54 Å². The van der Waals surface area contributed by atoms with Crippen LogP contribution >= 0.6 is 10.9 Å². The number of rotatable bonds is 5. The van der Waals surface area contributed by atoms with Gasteiger partial charge in [0.2, 0.25) is 10.0 Å². The highest BCUT2D eigenvalue weighted by molar-refractivity contribution is 8.23. The molecule has 9 heteroatoms. The van der Waals surface area contributed by atoms with Gasteiger partial charge in [0, 0.05) is 6.54 Å². The fraction of sp³-hybridized carbons (Fsp3) is 0.167. The van der Waals surface area contributed by atoms with Crippen LogP contribution in [0.15, 0.2) is 81.6 Å². The normalized spacial score (nSPS) is 19.0. The molecule has 0 spiro atoms. The van der Waals surface area contributed by atoms with Crippen LogP contribution in [-0.4, -0.2) is 32.5 Å². The molecule has 2 aromatic carbocycles. The fourth-order valence-corrected chi connectivity index (χ4v) is 8.36. The summed E-state index contributed by atoms with van der Waals surface area (Å²) in [7, 11) is -9.09. The van der Waals surface area contributed by atoms with Crippen LogP contribution in [0.2, 0.25) is 0 Å². The van der Waals surface area contributed by atoms with Gasteiger partial charge in [0.1, 0.15) is 0 Å². The van der Waals surface area contributed by atoms with Gasteiger partial charge in [-0.1, -0.05) is 42.0 Å². The molecule has 0 bridgehead atoms. The molecule has 2 aromatic rings. The second kappa shape index (κ2) is 7.69. The van der Waals surface area contributed by atoms with Crippen molar-refractivity contribution in [3.05, 3.63) is 71.8 Å². The van der Waals surface area contributed by atoms with Gasteiger partial charge in [-0.3, -0.25) is 0 Å². The van der Waals surface area contributed by atoms with E-state index >= 15 is 0 Å². The average Bonchev–Trinajstić information content (AvgIpc) is 2.65. The van der Waals surface area contributed by atoms with Gasteiger partial charge in [-0.05, 0) is 59.9 Å². The van der Waals surface area contributed by atoms with Gasteiger partial charge in [-0.25, -0.2) is 16.8 Å². The van der Waals surface area contributed by atoms with Gasteiger partial charge in [0.15, 0.2) is 0 Å². The van der Waals surface area contributed by atoms with Crippen LogP contribution in [0, 0.1) is 0 Å². The van der Waals surface area contributed by atoms with Crippen LogP contribution in [0.5, 0.6) is 0 Å². The van der Waals surface area contributed by atoms with E-state index in [0.717, 1.165) is 11.1 Å². The van der Waals surface area contributed by atoms with Crippen molar-refractivity contribution in [1.82, 2.24) is 7.84 Å². The Morgan fingerprint density at radius 1 is 0.852 bits per heavy atom.